The van der Waals surface area contributed by atoms with Crippen LogP contribution in [0.1, 0.15) is 182 Å². The molecule has 1 aliphatic heterocycles. The number of Topliss-reactive ketones (excluding diaryl/α,β-unsaturated/α-hetero) is 2. The van der Waals surface area contributed by atoms with Gasteiger partial charge in [-0.3, -0.25) is 19.4 Å². The molecule has 6 nitrogen and oxygen atoms in total. The third-order valence-electron chi connectivity index (χ3n) is 17.2. The third kappa shape index (κ3) is 11.0. The van der Waals surface area contributed by atoms with Crippen LogP contribution in [0.5, 0.6) is 0 Å². The van der Waals surface area contributed by atoms with Crippen LogP contribution >= 0.6 is 0 Å². The maximum Gasteiger partial charge on any atom is 0.197 e. The van der Waals surface area contributed by atoms with Crippen molar-refractivity contribution in [2.75, 3.05) is 9.80 Å². The molecule has 2 heterocycles. The Morgan fingerprint density at radius 3 is 1.09 bits per heavy atom. The molecule has 2 aliphatic rings. The summed E-state index contributed by atoms with van der Waals surface area (Å²) in [5.74, 6) is 1.61. The predicted molar refractivity (Wildman–Crippen MR) is 357 cm³/mol. The Balaban J connectivity index is 1.22. The Kier molecular flexibility index (Phi) is 14.8. The standard InChI is InChI=1S/C79H82N4O2/c1-47(2)60-25-22-26-61(48(3)4)70(60)82-69(38-37-64-72(84)62-23-18-19-24-63(62)73(64)85)83(75-74(82)80-67-27-20-21-28-68(67)81-75)71-65(52-33-29-50(30-34-52)54-41-56(76(6,7)8)45-57(42-54)77(9,10)11)39-49(5)40-66(71)53-35-31-51(32-36-53)55-43-58(78(12,13)14)46-59(44-55)79(15,16)17/h18-48H,1-17H3/b69-38+. The number of carbonyl (C=O) groups is 2. The summed E-state index contributed by atoms with van der Waals surface area (Å²) in [6.45, 7) is 38.6. The quantitative estimate of drug-likeness (QED) is 0.106. The van der Waals surface area contributed by atoms with Crippen molar-refractivity contribution in [3.63, 3.8) is 0 Å². The molecular weight excluding hydrogens is 1040 g/mol. The summed E-state index contributed by atoms with van der Waals surface area (Å²) in [7, 11) is 0. The average Bonchev–Trinajstić information content (AvgIpc) is 1.69. The monoisotopic (exact) mass is 1120 g/mol. The number of allylic oxidation sites excluding steroid dienone is 3. The van der Waals surface area contributed by atoms with Gasteiger partial charge in [-0.05, 0) is 149 Å². The fourth-order valence-corrected chi connectivity index (χ4v) is 12.0. The van der Waals surface area contributed by atoms with Crippen molar-refractivity contribution in [2.24, 2.45) is 0 Å². The number of carbonyl (C=O) groups excluding carboxylic acids is 2. The van der Waals surface area contributed by atoms with Crippen molar-refractivity contribution in [3.05, 3.63) is 237 Å². The molecule has 6 heteroatoms. The van der Waals surface area contributed by atoms with Gasteiger partial charge in [-0.25, -0.2) is 9.97 Å². The molecule has 0 bridgehead atoms. The van der Waals surface area contributed by atoms with Gasteiger partial charge in [0.25, 0.3) is 0 Å². The van der Waals surface area contributed by atoms with Gasteiger partial charge in [0.15, 0.2) is 23.2 Å². The first-order valence-corrected chi connectivity index (χ1v) is 30.4. The first-order chi connectivity index (χ1) is 40.1. The van der Waals surface area contributed by atoms with E-state index in [1.165, 1.54) is 33.4 Å². The van der Waals surface area contributed by atoms with Crippen LogP contribution in [-0.2, 0) is 21.7 Å². The highest BCUT2D eigenvalue weighted by molar-refractivity contribution is 6.39. The van der Waals surface area contributed by atoms with Gasteiger partial charge in [0.05, 0.1) is 28.0 Å². The molecule has 0 radical (unpaired) electrons. The number of anilines is 4. The molecule has 0 unspecified atom stereocenters. The second-order valence-corrected chi connectivity index (χ2v) is 28.4. The van der Waals surface area contributed by atoms with E-state index in [4.69, 9.17) is 9.97 Å². The van der Waals surface area contributed by atoms with Crippen LogP contribution in [-0.4, -0.2) is 21.5 Å². The number of hydrogen-bond acceptors (Lipinski definition) is 6. The summed E-state index contributed by atoms with van der Waals surface area (Å²) in [4.78, 5) is 44.7. The highest BCUT2D eigenvalue weighted by Crippen LogP contribution is 2.56. The Labute approximate surface area is 505 Å². The molecule has 0 fully saturated rings. The van der Waals surface area contributed by atoms with Crippen LogP contribution in [0.2, 0.25) is 0 Å². The van der Waals surface area contributed by atoms with Crippen LogP contribution in [0.15, 0.2) is 187 Å². The summed E-state index contributed by atoms with van der Waals surface area (Å²) < 4.78 is 0. The van der Waals surface area contributed by atoms with Crippen LogP contribution in [0, 0.1) is 6.92 Å². The fourth-order valence-electron chi connectivity index (χ4n) is 12.0. The number of aryl methyl sites for hydroxylation is 1. The van der Waals surface area contributed by atoms with E-state index in [0.29, 0.717) is 28.6 Å². The molecule has 9 aromatic rings. The molecule has 1 aliphatic carbocycles. The zero-order valence-corrected chi connectivity index (χ0v) is 53.0. The number of fused-ring (bicyclic) bond motifs is 3. The molecule has 1 aromatic heterocycles. The highest BCUT2D eigenvalue weighted by atomic mass is 16.2. The summed E-state index contributed by atoms with van der Waals surface area (Å²) in [6, 6.07) is 58.7. The molecular formula is C79H82N4O2. The number of para-hydroxylation sites is 3. The Morgan fingerprint density at radius 1 is 0.376 bits per heavy atom. The van der Waals surface area contributed by atoms with E-state index >= 15 is 0 Å². The van der Waals surface area contributed by atoms with Gasteiger partial charge in [0.2, 0.25) is 0 Å². The summed E-state index contributed by atoms with van der Waals surface area (Å²) in [5.41, 5.74) is 21.4. The smallest absolute Gasteiger partial charge is 0.197 e. The molecule has 0 saturated carbocycles. The van der Waals surface area contributed by atoms with Gasteiger partial charge >= 0.3 is 0 Å². The molecule has 0 amide bonds. The van der Waals surface area contributed by atoms with E-state index < -0.39 is 0 Å². The van der Waals surface area contributed by atoms with Gasteiger partial charge in [-0.2, -0.15) is 0 Å². The number of hydrogen-bond donors (Lipinski definition) is 0. The van der Waals surface area contributed by atoms with Crippen molar-refractivity contribution in [1.82, 2.24) is 9.97 Å². The fraction of sp³-hybridized carbons (Fsp3) is 0.291. The van der Waals surface area contributed by atoms with E-state index in [-0.39, 0.29) is 50.6 Å². The number of nitrogens with zero attached hydrogens (tertiary/aromatic N) is 4. The van der Waals surface area contributed by atoms with Crippen molar-refractivity contribution < 1.29 is 9.59 Å². The van der Waals surface area contributed by atoms with E-state index in [1.807, 2.05) is 42.5 Å². The largest absolute Gasteiger partial charge is 0.288 e. The number of rotatable bonds is 9. The zero-order chi connectivity index (χ0) is 60.8. The Morgan fingerprint density at radius 2 is 0.729 bits per heavy atom. The Bertz CT molecular complexity index is 3930. The third-order valence-corrected chi connectivity index (χ3v) is 17.2. The zero-order valence-electron chi connectivity index (χ0n) is 53.0. The minimum atomic E-state index is -0.291. The average molecular weight is 1120 g/mol. The van der Waals surface area contributed by atoms with Crippen LogP contribution in [0.25, 0.3) is 55.5 Å². The normalized spacial score (nSPS) is 14.4. The molecule has 0 spiro atoms. The van der Waals surface area contributed by atoms with Crippen molar-refractivity contribution in [2.45, 2.75) is 151 Å². The molecule has 11 rings (SSSR count). The summed E-state index contributed by atoms with van der Waals surface area (Å²) in [5, 5.41) is 0. The minimum Gasteiger partial charge on any atom is -0.288 e. The number of benzene rings is 8. The van der Waals surface area contributed by atoms with Gasteiger partial charge < -0.3 is 0 Å². The summed E-state index contributed by atoms with van der Waals surface area (Å²) in [6.07, 6.45) is 3.71. The summed E-state index contributed by atoms with van der Waals surface area (Å²) >= 11 is 0. The van der Waals surface area contributed by atoms with Crippen molar-refractivity contribution in [1.29, 1.82) is 0 Å². The van der Waals surface area contributed by atoms with E-state index in [2.05, 4.69) is 243 Å². The van der Waals surface area contributed by atoms with Crippen LogP contribution in [0.4, 0.5) is 23.0 Å². The minimum absolute atomic E-state index is 0.0456. The van der Waals surface area contributed by atoms with E-state index in [9.17, 15) is 9.59 Å². The lowest BCUT2D eigenvalue weighted by Gasteiger charge is -2.32. The lowest BCUT2D eigenvalue weighted by Crippen LogP contribution is -2.25. The molecule has 430 valence electrons. The molecule has 0 N–H and O–H groups in total. The van der Waals surface area contributed by atoms with E-state index in [0.717, 1.165) is 72.5 Å². The first kappa shape index (κ1) is 58.3. The molecule has 0 saturated heterocycles. The lowest BCUT2D eigenvalue weighted by molar-refractivity contribution is 0.0988. The van der Waals surface area contributed by atoms with E-state index in [1.54, 1.807) is 18.2 Å². The topological polar surface area (TPSA) is 66.4 Å². The van der Waals surface area contributed by atoms with Gasteiger partial charge in [-0.15, -0.1) is 0 Å². The van der Waals surface area contributed by atoms with Gasteiger partial charge in [0.1, 0.15) is 5.82 Å². The SMILES string of the molecule is Cc1cc(-c2ccc(-c3cc(C(C)(C)C)cc(C(C)(C)C)c3)cc2)c(N2/C(=C/C=C3C(=O)c4ccccc4C3=O)N(c3c(C(C)C)cccc3C(C)C)c3nc4ccccc4nc32)c(-c2ccc(-c3cc(C(C)(C)C)cc(C(C)(C)C)c3)cc2)c1. The number of ketones is 2. The molecule has 8 aromatic carbocycles. The number of aromatic nitrogens is 2. The Hall–Kier alpha value is -8.48. The van der Waals surface area contributed by atoms with Crippen molar-refractivity contribution >= 4 is 45.6 Å². The van der Waals surface area contributed by atoms with Gasteiger partial charge in [0, 0.05) is 22.3 Å². The van der Waals surface area contributed by atoms with Crippen molar-refractivity contribution in [3.8, 4) is 44.5 Å². The first-order valence-electron chi connectivity index (χ1n) is 30.4. The van der Waals surface area contributed by atoms with Crippen LogP contribution < -0.4 is 9.80 Å². The lowest BCUT2D eigenvalue weighted by atomic mass is 9.79. The second-order valence-electron chi connectivity index (χ2n) is 28.4. The molecule has 0 atom stereocenters. The highest BCUT2D eigenvalue weighted by Gasteiger charge is 2.42. The van der Waals surface area contributed by atoms with Gasteiger partial charge in [-0.1, -0.05) is 250 Å². The molecule has 85 heavy (non-hydrogen) atoms. The maximum absolute atomic E-state index is 14.5. The predicted octanol–water partition coefficient (Wildman–Crippen LogP) is 21.2. The second kappa shape index (κ2) is 21.5. The van der Waals surface area contributed by atoms with Crippen LogP contribution in [0.3, 0.4) is 0 Å². The maximum atomic E-state index is 14.5.